The van der Waals surface area contributed by atoms with Crippen LogP contribution in [0.3, 0.4) is 0 Å². The minimum Gasteiger partial charge on any atom is -0.141 e. The van der Waals surface area contributed by atoms with Gasteiger partial charge in [0.05, 0.1) is 0 Å². The first-order valence-corrected chi connectivity index (χ1v) is 18.1. The molecule has 0 nitrogen and oxygen atoms in total. The summed E-state index contributed by atoms with van der Waals surface area (Å²) in [7, 11) is 0. The molecule has 2 aromatic rings. The van der Waals surface area contributed by atoms with Crippen LogP contribution in [0.5, 0.6) is 0 Å². The van der Waals surface area contributed by atoms with Crippen LogP contribution in [0.25, 0.3) is 12.2 Å². The number of hydrogen-bond acceptors (Lipinski definition) is 2. The highest BCUT2D eigenvalue weighted by molar-refractivity contribution is 7.14. The molecule has 0 unspecified atom stereocenters. The van der Waals surface area contributed by atoms with Crippen molar-refractivity contribution in [2.45, 2.75) is 169 Å². The second-order valence-electron chi connectivity index (χ2n) is 11.7. The lowest BCUT2D eigenvalue weighted by Crippen LogP contribution is -1.88. The van der Waals surface area contributed by atoms with Gasteiger partial charge in [0.1, 0.15) is 0 Å². The second-order valence-corrected chi connectivity index (χ2v) is 14.3. The summed E-state index contributed by atoms with van der Waals surface area (Å²) in [6.07, 6.45) is 35.6. The number of aryl methyl sites for hydroxylation is 4. The molecule has 0 saturated carbocycles. The molecule has 2 heterocycles. The molecule has 0 aromatic carbocycles. The Hall–Kier alpha value is -0.860. The van der Waals surface area contributed by atoms with Gasteiger partial charge in [-0.2, -0.15) is 0 Å². The minimum atomic E-state index is 1.25. The van der Waals surface area contributed by atoms with Crippen LogP contribution in [-0.2, 0) is 12.8 Å². The smallest absolute Gasteiger partial charge is 0.0305 e. The van der Waals surface area contributed by atoms with Gasteiger partial charge in [-0.15, -0.1) is 22.7 Å². The fraction of sp³-hybridized carbons (Fsp3) is 0.722. The number of hydrogen-bond donors (Lipinski definition) is 0. The van der Waals surface area contributed by atoms with E-state index in [0.29, 0.717) is 0 Å². The maximum atomic E-state index is 2.45. The Morgan fingerprint density at radius 3 is 1.05 bits per heavy atom. The first-order valence-electron chi connectivity index (χ1n) is 16.5. The standard InChI is InChI=1S/C36H60S2/c1-5-7-9-11-13-15-17-19-21-23-25-33-29-31(3)37-35(33)27-28-36-34(30-32(4)38-36)26-24-22-20-18-16-14-12-10-8-6-2/h27-30H,5-26H2,1-4H3/b28-27+. The average Bonchev–Trinajstić information content (AvgIpc) is 3.45. The van der Waals surface area contributed by atoms with Crippen LogP contribution < -0.4 is 0 Å². The van der Waals surface area contributed by atoms with Crippen LogP contribution >= 0.6 is 22.7 Å². The highest BCUT2D eigenvalue weighted by Gasteiger charge is 2.08. The highest BCUT2D eigenvalue weighted by atomic mass is 32.1. The van der Waals surface area contributed by atoms with Crippen LogP contribution in [0.4, 0.5) is 0 Å². The monoisotopic (exact) mass is 556 g/mol. The minimum absolute atomic E-state index is 1.25. The van der Waals surface area contributed by atoms with E-state index in [1.807, 2.05) is 22.7 Å². The lowest BCUT2D eigenvalue weighted by Gasteiger charge is -2.04. The van der Waals surface area contributed by atoms with Gasteiger partial charge in [-0.25, -0.2) is 0 Å². The lowest BCUT2D eigenvalue weighted by atomic mass is 10.0. The van der Waals surface area contributed by atoms with Crippen molar-refractivity contribution in [3.8, 4) is 0 Å². The topological polar surface area (TPSA) is 0 Å². The Morgan fingerprint density at radius 2 is 0.737 bits per heavy atom. The van der Waals surface area contributed by atoms with Gasteiger partial charge in [0, 0.05) is 19.5 Å². The van der Waals surface area contributed by atoms with E-state index in [1.54, 1.807) is 11.1 Å². The zero-order valence-corrected chi connectivity index (χ0v) is 27.3. The summed E-state index contributed by atoms with van der Waals surface area (Å²) in [4.78, 5) is 5.91. The largest absolute Gasteiger partial charge is 0.141 e. The third kappa shape index (κ3) is 15.1. The summed E-state index contributed by atoms with van der Waals surface area (Å²) in [6, 6.07) is 4.89. The van der Waals surface area contributed by atoms with Gasteiger partial charge in [0.15, 0.2) is 0 Å². The van der Waals surface area contributed by atoms with E-state index in [-0.39, 0.29) is 0 Å². The van der Waals surface area contributed by atoms with Crippen LogP contribution in [-0.4, -0.2) is 0 Å². The van der Waals surface area contributed by atoms with Crippen molar-refractivity contribution in [3.63, 3.8) is 0 Å². The van der Waals surface area contributed by atoms with E-state index in [2.05, 4.69) is 52.0 Å². The Morgan fingerprint density at radius 1 is 0.447 bits per heavy atom. The molecule has 0 N–H and O–H groups in total. The summed E-state index contributed by atoms with van der Waals surface area (Å²) in [5.41, 5.74) is 3.15. The third-order valence-electron chi connectivity index (χ3n) is 7.92. The van der Waals surface area contributed by atoms with E-state index >= 15 is 0 Å². The predicted molar refractivity (Wildman–Crippen MR) is 178 cm³/mol. The van der Waals surface area contributed by atoms with Crippen LogP contribution in [0.1, 0.15) is 173 Å². The fourth-order valence-electron chi connectivity index (χ4n) is 5.60. The number of thiophene rings is 2. The normalized spacial score (nSPS) is 11.8. The molecule has 2 heteroatoms. The van der Waals surface area contributed by atoms with Gasteiger partial charge in [-0.3, -0.25) is 0 Å². The van der Waals surface area contributed by atoms with Gasteiger partial charge in [-0.05, 0) is 74.9 Å². The Kier molecular flexibility index (Phi) is 19.2. The molecule has 0 fully saturated rings. The highest BCUT2D eigenvalue weighted by Crippen LogP contribution is 2.30. The molecule has 0 saturated heterocycles. The fourth-order valence-corrected chi connectivity index (χ4v) is 7.55. The first-order chi connectivity index (χ1) is 18.6. The molecule has 0 aliphatic rings. The van der Waals surface area contributed by atoms with E-state index in [9.17, 15) is 0 Å². The van der Waals surface area contributed by atoms with Crippen molar-refractivity contribution >= 4 is 34.8 Å². The Labute approximate surface area is 245 Å². The average molecular weight is 557 g/mol. The molecule has 2 aromatic heterocycles. The molecule has 0 amide bonds. The summed E-state index contributed by atoms with van der Waals surface area (Å²) in [5.74, 6) is 0. The number of unbranched alkanes of at least 4 members (excludes halogenated alkanes) is 18. The van der Waals surface area contributed by atoms with E-state index in [1.165, 1.54) is 161 Å². The second kappa shape index (κ2) is 21.9. The summed E-state index contributed by atoms with van der Waals surface area (Å²) < 4.78 is 0. The van der Waals surface area contributed by atoms with Crippen LogP contribution in [0.15, 0.2) is 12.1 Å². The molecule has 0 radical (unpaired) electrons. The molecule has 0 bridgehead atoms. The maximum absolute atomic E-state index is 2.45. The van der Waals surface area contributed by atoms with Gasteiger partial charge in [0.2, 0.25) is 0 Å². The van der Waals surface area contributed by atoms with Crippen molar-refractivity contribution in [1.82, 2.24) is 0 Å². The van der Waals surface area contributed by atoms with Gasteiger partial charge in [0.25, 0.3) is 0 Å². The molecule has 0 aliphatic heterocycles. The van der Waals surface area contributed by atoms with Crippen molar-refractivity contribution < 1.29 is 0 Å². The Bertz CT molecular complexity index is 783. The lowest BCUT2D eigenvalue weighted by molar-refractivity contribution is 0.556. The van der Waals surface area contributed by atoms with Gasteiger partial charge < -0.3 is 0 Å². The van der Waals surface area contributed by atoms with E-state index in [4.69, 9.17) is 0 Å². The third-order valence-corrected chi connectivity index (χ3v) is 10.0. The molecule has 216 valence electrons. The summed E-state index contributed by atoms with van der Waals surface area (Å²) in [6.45, 7) is 9.15. The van der Waals surface area contributed by atoms with Crippen molar-refractivity contribution in [2.75, 3.05) is 0 Å². The zero-order chi connectivity index (χ0) is 27.3. The van der Waals surface area contributed by atoms with E-state index in [0.717, 1.165) is 0 Å². The molecule has 0 spiro atoms. The molecule has 38 heavy (non-hydrogen) atoms. The summed E-state index contributed by atoms with van der Waals surface area (Å²) >= 11 is 3.96. The zero-order valence-electron chi connectivity index (χ0n) is 25.7. The quantitative estimate of drug-likeness (QED) is 0.113. The molecular formula is C36H60S2. The summed E-state index contributed by atoms with van der Waals surface area (Å²) in [5, 5.41) is 0. The van der Waals surface area contributed by atoms with Crippen molar-refractivity contribution in [3.05, 3.63) is 42.8 Å². The number of rotatable bonds is 24. The molecule has 2 rings (SSSR count). The van der Waals surface area contributed by atoms with Gasteiger partial charge in [-0.1, -0.05) is 129 Å². The van der Waals surface area contributed by atoms with Crippen LogP contribution in [0.2, 0.25) is 0 Å². The van der Waals surface area contributed by atoms with Crippen LogP contribution in [0, 0.1) is 13.8 Å². The molecule has 0 atom stereocenters. The SMILES string of the molecule is CCCCCCCCCCCCc1cc(C)sc1/C=C/c1sc(C)cc1CCCCCCCCCCCC. The maximum Gasteiger partial charge on any atom is 0.0305 e. The van der Waals surface area contributed by atoms with Crippen molar-refractivity contribution in [2.24, 2.45) is 0 Å². The molecule has 0 aliphatic carbocycles. The Balaban J connectivity index is 1.69. The van der Waals surface area contributed by atoms with Gasteiger partial charge >= 0.3 is 0 Å². The van der Waals surface area contributed by atoms with Crippen molar-refractivity contribution in [1.29, 1.82) is 0 Å². The first kappa shape index (κ1) is 33.3. The van der Waals surface area contributed by atoms with E-state index < -0.39 is 0 Å². The predicted octanol–water partition coefficient (Wildman–Crippen LogP) is 13.5. The molecular weight excluding hydrogens is 497 g/mol.